The van der Waals surface area contributed by atoms with E-state index in [0.29, 0.717) is 17.5 Å². The number of aromatic nitrogens is 2. The van der Waals surface area contributed by atoms with Crippen molar-refractivity contribution >= 4 is 16.8 Å². The first-order valence-electron chi connectivity index (χ1n) is 8.17. The molecule has 0 spiro atoms. The maximum absolute atomic E-state index is 12.9. The molecule has 0 unspecified atom stereocenters. The van der Waals surface area contributed by atoms with Gasteiger partial charge in [-0.3, -0.25) is 4.79 Å². The van der Waals surface area contributed by atoms with E-state index in [9.17, 15) is 13.6 Å². The van der Waals surface area contributed by atoms with Crippen molar-refractivity contribution < 1.29 is 13.6 Å². The molecule has 2 N–H and O–H groups in total. The highest BCUT2D eigenvalue weighted by Crippen LogP contribution is 2.43. The highest BCUT2D eigenvalue weighted by atomic mass is 19.3. The van der Waals surface area contributed by atoms with Gasteiger partial charge in [-0.2, -0.15) is 5.10 Å². The fourth-order valence-corrected chi connectivity index (χ4v) is 3.42. The summed E-state index contributed by atoms with van der Waals surface area (Å²) in [4.78, 5) is 11.5. The summed E-state index contributed by atoms with van der Waals surface area (Å²) in [6.45, 7) is 0. The molecule has 2 aromatic carbocycles. The Hall–Kier alpha value is -2.76. The zero-order chi connectivity index (χ0) is 17.6. The molecule has 6 heteroatoms. The molecular formula is C19H17F2N3O. The number of benzene rings is 2. The van der Waals surface area contributed by atoms with E-state index in [1.54, 1.807) is 16.8 Å². The van der Waals surface area contributed by atoms with Crippen LogP contribution in [-0.2, 0) is 6.42 Å². The summed E-state index contributed by atoms with van der Waals surface area (Å²) >= 11 is 0. The van der Waals surface area contributed by atoms with Gasteiger partial charge in [0.25, 0.3) is 5.91 Å². The van der Waals surface area contributed by atoms with E-state index < -0.39 is 11.8 Å². The lowest BCUT2D eigenvalue weighted by Crippen LogP contribution is -2.36. The summed E-state index contributed by atoms with van der Waals surface area (Å²) < 4.78 is 27.5. The van der Waals surface area contributed by atoms with Crippen molar-refractivity contribution in [1.82, 2.24) is 9.78 Å². The smallest absolute Gasteiger partial charge is 0.250 e. The van der Waals surface area contributed by atoms with Gasteiger partial charge in [-0.25, -0.2) is 13.5 Å². The number of nitrogens with two attached hydrogens (primary N) is 1. The minimum absolute atomic E-state index is 0.0187. The zero-order valence-electron chi connectivity index (χ0n) is 13.5. The van der Waals surface area contributed by atoms with Gasteiger partial charge in [-0.15, -0.1) is 0 Å². The van der Waals surface area contributed by atoms with E-state index >= 15 is 0 Å². The van der Waals surface area contributed by atoms with Crippen LogP contribution in [0, 0.1) is 5.92 Å². The predicted octanol–water partition coefficient (Wildman–Crippen LogP) is 3.71. The molecule has 1 aliphatic rings. The topological polar surface area (TPSA) is 60.9 Å². The molecule has 1 aliphatic carbocycles. The van der Waals surface area contributed by atoms with Gasteiger partial charge in [0.15, 0.2) is 0 Å². The van der Waals surface area contributed by atoms with Crippen molar-refractivity contribution in [1.29, 1.82) is 0 Å². The van der Waals surface area contributed by atoms with Gasteiger partial charge in [0, 0.05) is 24.4 Å². The third-order valence-corrected chi connectivity index (χ3v) is 4.70. The van der Waals surface area contributed by atoms with E-state index in [0.717, 1.165) is 16.6 Å². The van der Waals surface area contributed by atoms with Gasteiger partial charge in [-0.05, 0) is 36.1 Å². The van der Waals surface area contributed by atoms with Crippen molar-refractivity contribution in [2.45, 2.75) is 25.2 Å². The molecule has 4 nitrogen and oxygen atoms in total. The molecule has 1 fully saturated rings. The predicted molar refractivity (Wildman–Crippen MR) is 91.0 cm³/mol. The lowest BCUT2D eigenvalue weighted by atomic mass is 9.77. The molecule has 1 amide bonds. The van der Waals surface area contributed by atoms with Crippen molar-refractivity contribution in [3.63, 3.8) is 0 Å². The highest BCUT2D eigenvalue weighted by Gasteiger charge is 2.44. The highest BCUT2D eigenvalue weighted by molar-refractivity contribution is 6.04. The fourth-order valence-electron chi connectivity index (χ4n) is 3.42. The van der Waals surface area contributed by atoms with Gasteiger partial charge < -0.3 is 5.73 Å². The molecule has 0 bridgehead atoms. The first-order valence-corrected chi connectivity index (χ1v) is 8.17. The van der Waals surface area contributed by atoms with Crippen LogP contribution in [0.4, 0.5) is 8.78 Å². The van der Waals surface area contributed by atoms with Gasteiger partial charge >= 0.3 is 0 Å². The SMILES string of the molecule is NC(=O)c1cccc2cn(-c3ccc(CC4CC(F)(F)C4)cc3)nc12. The number of halogens is 2. The van der Waals surface area contributed by atoms with Crippen LogP contribution in [0.2, 0.25) is 0 Å². The second-order valence-electron chi connectivity index (χ2n) is 6.68. The Morgan fingerprint density at radius 1 is 1.20 bits per heavy atom. The Bertz CT molecular complexity index is 939. The molecule has 4 rings (SSSR count). The van der Waals surface area contributed by atoms with Gasteiger partial charge in [0.2, 0.25) is 5.92 Å². The molecule has 0 radical (unpaired) electrons. The minimum atomic E-state index is -2.47. The third-order valence-electron chi connectivity index (χ3n) is 4.70. The first kappa shape index (κ1) is 15.7. The van der Waals surface area contributed by atoms with Crippen LogP contribution in [0.25, 0.3) is 16.6 Å². The lowest BCUT2D eigenvalue weighted by molar-refractivity contribution is -0.109. The summed E-state index contributed by atoms with van der Waals surface area (Å²) in [5.74, 6) is -2.92. The van der Waals surface area contributed by atoms with Crippen LogP contribution in [-0.4, -0.2) is 21.6 Å². The number of primary amides is 1. The number of rotatable bonds is 4. The van der Waals surface area contributed by atoms with E-state index in [4.69, 9.17) is 5.73 Å². The molecule has 0 saturated heterocycles. The molecule has 25 heavy (non-hydrogen) atoms. The van der Waals surface area contributed by atoms with Crippen LogP contribution >= 0.6 is 0 Å². The number of carbonyl (C=O) groups is 1. The number of alkyl halides is 2. The lowest BCUT2D eigenvalue weighted by Gasteiger charge is -2.35. The first-order chi connectivity index (χ1) is 11.9. The minimum Gasteiger partial charge on any atom is -0.366 e. The maximum atomic E-state index is 12.9. The average Bonchev–Trinajstić information content (AvgIpc) is 2.97. The van der Waals surface area contributed by atoms with Crippen molar-refractivity contribution in [3.05, 3.63) is 59.8 Å². The summed E-state index contributed by atoms with van der Waals surface area (Å²) in [5, 5.41) is 5.29. The number of carbonyl (C=O) groups excluding carboxylic acids is 1. The van der Waals surface area contributed by atoms with E-state index in [-0.39, 0.29) is 18.8 Å². The summed E-state index contributed by atoms with van der Waals surface area (Å²) in [6.07, 6.45) is 2.47. The van der Waals surface area contributed by atoms with Crippen LogP contribution in [0.1, 0.15) is 28.8 Å². The number of hydrogen-bond acceptors (Lipinski definition) is 2. The third kappa shape index (κ3) is 2.99. The van der Waals surface area contributed by atoms with E-state index in [1.165, 1.54) is 0 Å². The molecular weight excluding hydrogens is 324 g/mol. The van der Waals surface area contributed by atoms with Crippen LogP contribution < -0.4 is 5.73 Å². The van der Waals surface area contributed by atoms with E-state index in [2.05, 4.69) is 5.10 Å². The summed E-state index contributed by atoms with van der Waals surface area (Å²) in [6, 6.07) is 13.0. The molecule has 3 aromatic rings. The second-order valence-corrected chi connectivity index (χ2v) is 6.68. The number of hydrogen-bond donors (Lipinski definition) is 1. The fraction of sp³-hybridized carbons (Fsp3) is 0.263. The van der Waals surface area contributed by atoms with Crippen LogP contribution in [0.5, 0.6) is 0 Å². The normalized spacial score (nSPS) is 16.7. The Kier molecular flexibility index (Phi) is 3.56. The second kappa shape index (κ2) is 5.65. The van der Waals surface area contributed by atoms with Gasteiger partial charge in [0.05, 0.1) is 11.3 Å². The average molecular weight is 341 g/mol. The van der Waals surface area contributed by atoms with Crippen molar-refractivity contribution in [2.75, 3.05) is 0 Å². The molecule has 1 heterocycles. The Balaban J connectivity index is 1.57. The molecule has 0 aliphatic heterocycles. The molecule has 128 valence electrons. The summed E-state index contributed by atoms with van der Waals surface area (Å²) in [5.41, 5.74) is 8.23. The number of fused-ring (bicyclic) bond motifs is 1. The molecule has 1 saturated carbocycles. The molecule has 0 atom stereocenters. The zero-order valence-corrected chi connectivity index (χ0v) is 13.5. The van der Waals surface area contributed by atoms with Gasteiger partial charge in [0.1, 0.15) is 5.52 Å². The Morgan fingerprint density at radius 3 is 2.56 bits per heavy atom. The van der Waals surface area contributed by atoms with E-state index in [1.807, 2.05) is 36.5 Å². The van der Waals surface area contributed by atoms with Crippen molar-refractivity contribution in [3.8, 4) is 5.69 Å². The Morgan fingerprint density at radius 2 is 1.92 bits per heavy atom. The largest absolute Gasteiger partial charge is 0.366 e. The molecule has 1 aromatic heterocycles. The van der Waals surface area contributed by atoms with Crippen molar-refractivity contribution in [2.24, 2.45) is 11.7 Å². The monoisotopic (exact) mass is 341 g/mol. The summed E-state index contributed by atoms with van der Waals surface area (Å²) in [7, 11) is 0. The number of nitrogens with zero attached hydrogens (tertiary/aromatic N) is 2. The quantitative estimate of drug-likeness (QED) is 0.786. The number of amides is 1. The van der Waals surface area contributed by atoms with Crippen LogP contribution in [0.3, 0.4) is 0 Å². The Labute approximate surface area is 143 Å². The van der Waals surface area contributed by atoms with Gasteiger partial charge in [-0.1, -0.05) is 24.3 Å². The van der Waals surface area contributed by atoms with Crippen LogP contribution in [0.15, 0.2) is 48.7 Å². The maximum Gasteiger partial charge on any atom is 0.250 e. The standard InChI is InChI=1S/C19H17F2N3O/c20-19(21)9-13(10-19)8-12-4-6-15(7-5-12)24-11-14-2-1-3-16(18(22)25)17(14)23-24/h1-7,11,13H,8-10H2,(H2,22,25).